The SMILES string of the molecule is Cc1ccn(C2CCNCC2)c(=O)c1C(=O)Nc1ccc2nc(C)c(C)nc2c1. The van der Waals surface area contributed by atoms with Gasteiger partial charge in [-0.1, -0.05) is 0 Å². The predicted molar refractivity (Wildman–Crippen MR) is 114 cm³/mol. The van der Waals surface area contributed by atoms with Crippen molar-refractivity contribution < 1.29 is 4.79 Å². The first-order valence-corrected chi connectivity index (χ1v) is 9.93. The molecule has 1 fully saturated rings. The molecule has 1 amide bonds. The number of piperidine rings is 1. The van der Waals surface area contributed by atoms with E-state index in [2.05, 4.69) is 20.6 Å². The van der Waals surface area contributed by atoms with Crippen LogP contribution in [-0.2, 0) is 0 Å². The van der Waals surface area contributed by atoms with Crippen molar-refractivity contribution in [2.75, 3.05) is 18.4 Å². The smallest absolute Gasteiger partial charge is 0.263 e. The van der Waals surface area contributed by atoms with Crippen molar-refractivity contribution in [3.63, 3.8) is 0 Å². The fourth-order valence-corrected chi connectivity index (χ4v) is 3.79. The number of amides is 1. The van der Waals surface area contributed by atoms with Crippen molar-refractivity contribution in [2.24, 2.45) is 0 Å². The van der Waals surface area contributed by atoms with E-state index in [0.717, 1.165) is 42.8 Å². The number of rotatable bonds is 3. The molecule has 0 atom stereocenters. The molecule has 3 aromatic rings. The summed E-state index contributed by atoms with van der Waals surface area (Å²) in [5, 5.41) is 6.17. The highest BCUT2D eigenvalue weighted by atomic mass is 16.2. The van der Waals surface area contributed by atoms with E-state index < -0.39 is 5.91 Å². The molecular weight excluding hydrogens is 366 g/mol. The molecule has 7 nitrogen and oxygen atoms in total. The second-order valence-corrected chi connectivity index (χ2v) is 7.62. The van der Waals surface area contributed by atoms with E-state index in [9.17, 15) is 9.59 Å². The summed E-state index contributed by atoms with van der Waals surface area (Å²) in [5.74, 6) is -0.396. The Labute approximate surface area is 169 Å². The van der Waals surface area contributed by atoms with Gasteiger partial charge in [0, 0.05) is 17.9 Å². The van der Waals surface area contributed by atoms with E-state index in [1.165, 1.54) is 0 Å². The zero-order chi connectivity index (χ0) is 20.5. The number of nitrogens with zero attached hydrogens (tertiary/aromatic N) is 3. The third kappa shape index (κ3) is 3.78. The van der Waals surface area contributed by atoms with Crippen LogP contribution in [0.4, 0.5) is 5.69 Å². The number of aromatic nitrogens is 3. The van der Waals surface area contributed by atoms with Crippen LogP contribution in [0.5, 0.6) is 0 Å². The lowest BCUT2D eigenvalue weighted by atomic mass is 10.0. The molecule has 0 spiro atoms. The van der Waals surface area contributed by atoms with Gasteiger partial charge in [-0.25, -0.2) is 9.97 Å². The summed E-state index contributed by atoms with van der Waals surface area (Å²) in [6, 6.07) is 7.37. The van der Waals surface area contributed by atoms with E-state index in [0.29, 0.717) is 16.8 Å². The van der Waals surface area contributed by atoms with Crippen LogP contribution in [0, 0.1) is 20.8 Å². The molecule has 1 saturated heterocycles. The number of hydrogen-bond donors (Lipinski definition) is 2. The number of hydrogen-bond acceptors (Lipinski definition) is 5. The van der Waals surface area contributed by atoms with E-state index in [1.54, 1.807) is 29.8 Å². The van der Waals surface area contributed by atoms with Crippen LogP contribution >= 0.6 is 0 Å². The summed E-state index contributed by atoms with van der Waals surface area (Å²) in [7, 11) is 0. The molecule has 0 radical (unpaired) electrons. The summed E-state index contributed by atoms with van der Waals surface area (Å²) in [6.45, 7) is 7.38. The average Bonchev–Trinajstić information content (AvgIpc) is 2.70. The third-order valence-corrected chi connectivity index (χ3v) is 5.59. The Morgan fingerprint density at radius 2 is 1.76 bits per heavy atom. The number of benzene rings is 1. The highest BCUT2D eigenvalue weighted by molar-refractivity contribution is 6.05. The lowest BCUT2D eigenvalue weighted by molar-refractivity contribution is 0.102. The molecule has 1 aliphatic rings. The molecule has 150 valence electrons. The minimum Gasteiger partial charge on any atom is -0.322 e. The minimum absolute atomic E-state index is 0.123. The third-order valence-electron chi connectivity index (χ3n) is 5.59. The van der Waals surface area contributed by atoms with Gasteiger partial charge < -0.3 is 15.2 Å². The van der Waals surface area contributed by atoms with E-state index in [1.807, 2.05) is 26.0 Å². The Morgan fingerprint density at radius 1 is 1.07 bits per heavy atom. The summed E-state index contributed by atoms with van der Waals surface area (Å²) >= 11 is 0. The van der Waals surface area contributed by atoms with Crippen LogP contribution in [0.1, 0.15) is 46.2 Å². The molecule has 2 aromatic heterocycles. The molecule has 29 heavy (non-hydrogen) atoms. The van der Waals surface area contributed by atoms with E-state index >= 15 is 0 Å². The lowest BCUT2D eigenvalue weighted by Gasteiger charge is -2.25. The van der Waals surface area contributed by atoms with Crippen molar-refractivity contribution in [3.05, 3.63) is 63.3 Å². The molecule has 7 heteroatoms. The van der Waals surface area contributed by atoms with Crippen molar-refractivity contribution in [1.29, 1.82) is 0 Å². The van der Waals surface area contributed by atoms with E-state index in [-0.39, 0.29) is 17.2 Å². The Hall–Kier alpha value is -3.06. The molecule has 1 aromatic carbocycles. The molecule has 3 heterocycles. The highest BCUT2D eigenvalue weighted by Gasteiger charge is 2.21. The largest absolute Gasteiger partial charge is 0.322 e. The fraction of sp³-hybridized carbons (Fsp3) is 0.364. The van der Waals surface area contributed by atoms with Gasteiger partial charge in [-0.05, 0) is 76.5 Å². The fourth-order valence-electron chi connectivity index (χ4n) is 3.79. The number of nitrogens with one attached hydrogen (secondary N) is 2. The minimum atomic E-state index is -0.396. The van der Waals surface area contributed by atoms with Crippen molar-refractivity contribution in [3.8, 4) is 0 Å². The molecule has 0 unspecified atom stereocenters. The average molecular weight is 391 g/mol. The first kappa shape index (κ1) is 19.3. The second kappa shape index (κ2) is 7.75. The maximum absolute atomic E-state index is 13.1. The van der Waals surface area contributed by atoms with Crippen LogP contribution in [-0.4, -0.2) is 33.5 Å². The maximum atomic E-state index is 13.1. The quantitative estimate of drug-likeness (QED) is 0.717. The number of aryl methyl sites for hydroxylation is 3. The Bertz CT molecular complexity index is 1150. The van der Waals surface area contributed by atoms with Crippen molar-refractivity contribution in [2.45, 2.75) is 39.7 Å². The number of fused-ring (bicyclic) bond motifs is 1. The summed E-state index contributed by atoms with van der Waals surface area (Å²) in [5.41, 5.74) is 4.44. The van der Waals surface area contributed by atoms with Crippen LogP contribution in [0.15, 0.2) is 35.3 Å². The topological polar surface area (TPSA) is 88.9 Å². The standard InChI is InChI=1S/C22H25N5O2/c1-13-8-11-27(17-6-9-23-10-7-17)22(29)20(13)21(28)26-16-4-5-18-19(12-16)25-15(3)14(2)24-18/h4-5,8,11-12,17,23H,6-7,9-10H2,1-3H3,(H,26,28). The zero-order valence-electron chi connectivity index (χ0n) is 17.0. The van der Waals surface area contributed by atoms with E-state index in [4.69, 9.17) is 0 Å². The van der Waals surface area contributed by atoms with Crippen molar-refractivity contribution >= 4 is 22.6 Å². The van der Waals surface area contributed by atoms with Gasteiger partial charge in [-0.2, -0.15) is 0 Å². The second-order valence-electron chi connectivity index (χ2n) is 7.62. The van der Waals surface area contributed by atoms with Gasteiger partial charge in [0.15, 0.2) is 0 Å². The molecule has 1 aliphatic heterocycles. The van der Waals surface area contributed by atoms with Crippen LogP contribution < -0.4 is 16.2 Å². The zero-order valence-corrected chi connectivity index (χ0v) is 17.0. The Balaban J connectivity index is 1.65. The molecular formula is C22H25N5O2. The first-order chi connectivity index (χ1) is 13.9. The molecule has 0 bridgehead atoms. The maximum Gasteiger partial charge on any atom is 0.263 e. The molecule has 4 rings (SSSR count). The summed E-state index contributed by atoms with van der Waals surface area (Å²) < 4.78 is 1.71. The van der Waals surface area contributed by atoms with Gasteiger partial charge >= 0.3 is 0 Å². The molecule has 0 saturated carbocycles. The van der Waals surface area contributed by atoms with Gasteiger partial charge in [0.25, 0.3) is 11.5 Å². The number of pyridine rings is 1. The summed E-state index contributed by atoms with van der Waals surface area (Å²) in [6.07, 6.45) is 3.57. The van der Waals surface area contributed by atoms with Crippen LogP contribution in [0.3, 0.4) is 0 Å². The first-order valence-electron chi connectivity index (χ1n) is 9.93. The monoisotopic (exact) mass is 391 g/mol. The highest BCUT2D eigenvalue weighted by Crippen LogP contribution is 2.20. The number of anilines is 1. The van der Waals surface area contributed by atoms with Crippen LogP contribution in [0.25, 0.3) is 11.0 Å². The normalized spacial score (nSPS) is 14.9. The van der Waals surface area contributed by atoms with Gasteiger partial charge in [-0.3, -0.25) is 9.59 Å². The Kier molecular flexibility index (Phi) is 5.15. The van der Waals surface area contributed by atoms with Gasteiger partial charge in [-0.15, -0.1) is 0 Å². The van der Waals surface area contributed by atoms with Crippen molar-refractivity contribution in [1.82, 2.24) is 19.9 Å². The lowest BCUT2D eigenvalue weighted by Crippen LogP contribution is -2.37. The predicted octanol–water partition coefficient (Wildman–Crippen LogP) is 2.89. The number of carbonyl (C=O) groups excluding carboxylic acids is 1. The van der Waals surface area contributed by atoms with Crippen LogP contribution in [0.2, 0.25) is 0 Å². The molecule has 2 N–H and O–H groups in total. The van der Waals surface area contributed by atoms with Gasteiger partial charge in [0.2, 0.25) is 0 Å². The Morgan fingerprint density at radius 3 is 2.48 bits per heavy atom. The summed E-state index contributed by atoms with van der Waals surface area (Å²) in [4.78, 5) is 35.1. The van der Waals surface area contributed by atoms with Gasteiger partial charge in [0.1, 0.15) is 5.56 Å². The molecule has 0 aliphatic carbocycles. The van der Waals surface area contributed by atoms with Gasteiger partial charge in [0.05, 0.1) is 22.4 Å². The number of carbonyl (C=O) groups is 1.